The molecule has 1 aromatic rings. The number of nitrogens with one attached hydrogen (secondary N) is 1. The number of nitrogens with two attached hydrogens (primary N) is 1. The largest absolute Gasteiger partial charge is 0.351 e. The van der Waals surface area contributed by atoms with Crippen LogP contribution in [0.4, 0.5) is 4.79 Å². The minimum atomic E-state index is -0.830. The van der Waals surface area contributed by atoms with Gasteiger partial charge in [-0.2, -0.15) is 0 Å². The highest BCUT2D eigenvalue weighted by atomic mass is 32.2. The smallest absolute Gasteiger partial charge is 0.318 e. The Morgan fingerprint density at radius 2 is 2.10 bits per heavy atom. The molecule has 0 fully saturated rings. The molecule has 112 valence electrons. The molecule has 0 aliphatic heterocycles. The average molecular weight is 298 g/mol. The minimum absolute atomic E-state index is 0.400. The minimum Gasteiger partial charge on any atom is -0.351 e. The number of primary amides is 1. The van der Waals surface area contributed by atoms with Gasteiger partial charge in [0.05, 0.1) is 10.9 Å². The summed E-state index contributed by atoms with van der Waals surface area (Å²) in [5, 5.41) is 2.47. The second kappa shape index (κ2) is 7.33. The van der Waals surface area contributed by atoms with Crippen molar-refractivity contribution in [1.82, 2.24) is 14.9 Å². The lowest BCUT2D eigenvalue weighted by molar-refractivity contribution is -0.119. The highest BCUT2D eigenvalue weighted by Gasteiger charge is 2.20. The SMILES string of the molecule is CCCCn1c(S[C@H](C)C(=O)NC(N)=O)nc(C)c1C. The number of aromatic nitrogens is 2. The van der Waals surface area contributed by atoms with Gasteiger partial charge in [-0.3, -0.25) is 10.1 Å². The first-order valence-corrected chi connectivity index (χ1v) is 7.55. The van der Waals surface area contributed by atoms with Gasteiger partial charge in [-0.15, -0.1) is 0 Å². The van der Waals surface area contributed by atoms with Crippen LogP contribution in [-0.4, -0.2) is 26.7 Å². The first kappa shape index (κ1) is 16.6. The molecule has 3 amide bonds. The van der Waals surface area contributed by atoms with Crippen LogP contribution in [0.5, 0.6) is 0 Å². The molecule has 1 atom stereocenters. The third-order valence-corrected chi connectivity index (χ3v) is 4.15. The summed E-state index contributed by atoms with van der Waals surface area (Å²) in [7, 11) is 0. The molecule has 3 N–H and O–H groups in total. The first-order chi connectivity index (χ1) is 9.36. The van der Waals surface area contributed by atoms with E-state index in [4.69, 9.17) is 5.73 Å². The molecular formula is C13H22N4O2S. The van der Waals surface area contributed by atoms with Crippen molar-refractivity contribution in [3.63, 3.8) is 0 Å². The number of carbonyl (C=O) groups is 2. The van der Waals surface area contributed by atoms with Gasteiger partial charge < -0.3 is 10.3 Å². The van der Waals surface area contributed by atoms with E-state index >= 15 is 0 Å². The van der Waals surface area contributed by atoms with Crippen LogP contribution in [0.1, 0.15) is 38.1 Å². The fraction of sp³-hybridized carbons (Fsp3) is 0.615. The van der Waals surface area contributed by atoms with Crippen molar-refractivity contribution in [3.05, 3.63) is 11.4 Å². The summed E-state index contributed by atoms with van der Waals surface area (Å²) in [6.45, 7) is 8.73. The van der Waals surface area contributed by atoms with E-state index in [-0.39, 0.29) is 0 Å². The van der Waals surface area contributed by atoms with Crippen molar-refractivity contribution in [1.29, 1.82) is 0 Å². The molecule has 0 bridgehead atoms. The van der Waals surface area contributed by atoms with Gasteiger partial charge in [0.15, 0.2) is 5.16 Å². The molecule has 7 heteroatoms. The molecule has 1 heterocycles. The highest BCUT2D eigenvalue weighted by Crippen LogP contribution is 2.25. The normalized spacial score (nSPS) is 12.2. The Kier molecular flexibility index (Phi) is 6.06. The number of carbonyl (C=O) groups excluding carboxylic acids is 2. The van der Waals surface area contributed by atoms with Gasteiger partial charge >= 0.3 is 6.03 Å². The number of urea groups is 1. The molecule has 0 radical (unpaired) electrons. The lowest BCUT2D eigenvalue weighted by Gasteiger charge is -2.12. The van der Waals surface area contributed by atoms with Gasteiger partial charge in [0.2, 0.25) is 5.91 Å². The molecule has 0 aromatic carbocycles. The van der Waals surface area contributed by atoms with Gasteiger partial charge in [-0.05, 0) is 27.2 Å². The summed E-state index contributed by atoms with van der Waals surface area (Å²) >= 11 is 1.34. The molecule has 0 saturated carbocycles. The van der Waals surface area contributed by atoms with E-state index in [1.807, 2.05) is 13.8 Å². The fourth-order valence-corrected chi connectivity index (χ4v) is 2.76. The van der Waals surface area contributed by atoms with Crippen molar-refractivity contribution in [3.8, 4) is 0 Å². The number of amides is 3. The van der Waals surface area contributed by atoms with E-state index < -0.39 is 17.2 Å². The maximum Gasteiger partial charge on any atom is 0.318 e. The van der Waals surface area contributed by atoms with Crippen LogP contribution in [0.3, 0.4) is 0 Å². The number of hydrogen-bond acceptors (Lipinski definition) is 4. The zero-order chi connectivity index (χ0) is 15.3. The zero-order valence-electron chi connectivity index (χ0n) is 12.4. The van der Waals surface area contributed by atoms with Gasteiger partial charge in [0, 0.05) is 12.2 Å². The number of imidazole rings is 1. The number of hydrogen-bond donors (Lipinski definition) is 2. The standard InChI is InChI=1S/C13H22N4O2S/c1-5-6-7-17-9(3)8(2)15-13(17)20-10(4)11(18)16-12(14)19/h10H,5-7H2,1-4H3,(H3,14,16,18,19)/t10-/m1/s1. The predicted octanol–water partition coefficient (Wildman–Crippen LogP) is 1.98. The van der Waals surface area contributed by atoms with Crippen LogP contribution in [0, 0.1) is 13.8 Å². The van der Waals surface area contributed by atoms with Gasteiger partial charge in [-0.25, -0.2) is 9.78 Å². The van der Waals surface area contributed by atoms with Crippen LogP contribution >= 0.6 is 11.8 Å². The van der Waals surface area contributed by atoms with Gasteiger partial charge in [-0.1, -0.05) is 25.1 Å². The van der Waals surface area contributed by atoms with Gasteiger partial charge in [0.1, 0.15) is 0 Å². The van der Waals surface area contributed by atoms with Crippen molar-refractivity contribution in [2.45, 2.75) is 57.5 Å². The van der Waals surface area contributed by atoms with E-state index in [2.05, 4.69) is 21.8 Å². The Morgan fingerprint density at radius 3 is 2.65 bits per heavy atom. The van der Waals surface area contributed by atoms with Crippen molar-refractivity contribution >= 4 is 23.7 Å². The fourth-order valence-electron chi connectivity index (χ4n) is 1.73. The topological polar surface area (TPSA) is 90.0 Å². The molecular weight excluding hydrogens is 276 g/mol. The molecule has 0 aliphatic carbocycles. The summed E-state index contributed by atoms with van der Waals surface area (Å²) in [6, 6.07) is -0.830. The van der Waals surface area contributed by atoms with Gasteiger partial charge in [0.25, 0.3) is 0 Å². The molecule has 0 spiro atoms. The monoisotopic (exact) mass is 298 g/mol. The molecule has 1 rings (SSSR count). The van der Waals surface area contributed by atoms with Crippen LogP contribution in [0.2, 0.25) is 0 Å². The van der Waals surface area contributed by atoms with E-state index in [0.717, 1.165) is 35.9 Å². The van der Waals surface area contributed by atoms with Crippen molar-refractivity contribution in [2.24, 2.45) is 5.73 Å². The van der Waals surface area contributed by atoms with Crippen LogP contribution in [0.15, 0.2) is 5.16 Å². The Hall–Kier alpha value is -1.50. The van der Waals surface area contributed by atoms with Crippen molar-refractivity contribution in [2.75, 3.05) is 0 Å². The second-order valence-corrected chi connectivity index (χ2v) is 5.99. The number of thioether (sulfide) groups is 1. The first-order valence-electron chi connectivity index (χ1n) is 6.67. The third-order valence-electron chi connectivity index (χ3n) is 3.06. The van der Waals surface area contributed by atoms with E-state index in [1.165, 1.54) is 11.8 Å². The quantitative estimate of drug-likeness (QED) is 0.786. The summed E-state index contributed by atoms with van der Waals surface area (Å²) in [5.41, 5.74) is 7.03. The number of aryl methyl sites for hydroxylation is 1. The second-order valence-electron chi connectivity index (χ2n) is 4.68. The van der Waals surface area contributed by atoms with Crippen LogP contribution in [0.25, 0.3) is 0 Å². The maximum atomic E-state index is 11.7. The Bertz CT molecular complexity index is 499. The van der Waals surface area contributed by atoms with E-state index in [9.17, 15) is 9.59 Å². The number of rotatable bonds is 6. The summed E-state index contributed by atoms with van der Waals surface area (Å²) in [6.07, 6.45) is 2.16. The van der Waals surface area contributed by atoms with Crippen molar-refractivity contribution < 1.29 is 9.59 Å². The molecule has 0 unspecified atom stereocenters. The Balaban J connectivity index is 2.83. The molecule has 6 nitrogen and oxygen atoms in total. The molecule has 1 aromatic heterocycles. The summed E-state index contributed by atoms with van der Waals surface area (Å²) in [5.74, 6) is -0.400. The lowest BCUT2D eigenvalue weighted by atomic mass is 10.3. The number of nitrogens with zero attached hydrogens (tertiary/aromatic N) is 2. The third kappa shape index (κ3) is 4.26. The van der Waals surface area contributed by atoms with E-state index in [0.29, 0.717) is 0 Å². The van der Waals surface area contributed by atoms with E-state index in [1.54, 1.807) is 6.92 Å². The predicted molar refractivity (Wildman–Crippen MR) is 79.7 cm³/mol. The Labute approximate surface area is 123 Å². The molecule has 20 heavy (non-hydrogen) atoms. The lowest BCUT2D eigenvalue weighted by Crippen LogP contribution is -2.39. The zero-order valence-corrected chi connectivity index (χ0v) is 13.2. The molecule has 0 aliphatic rings. The molecule has 0 saturated heterocycles. The summed E-state index contributed by atoms with van der Waals surface area (Å²) < 4.78 is 2.12. The highest BCUT2D eigenvalue weighted by molar-refractivity contribution is 8.00. The van der Waals surface area contributed by atoms with Crippen LogP contribution in [-0.2, 0) is 11.3 Å². The van der Waals surface area contributed by atoms with Crippen LogP contribution < -0.4 is 11.1 Å². The summed E-state index contributed by atoms with van der Waals surface area (Å²) in [4.78, 5) is 26.9. The maximum absolute atomic E-state index is 11.7. The number of imide groups is 1. The number of unbranched alkanes of at least 4 members (excludes halogenated alkanes) is 1. The Morgan fingerprint density at radius 1 is 1.45 bits per heavy atom. The average Bonchev–Trinajstić information content (AvgIpc) is 2.62.